The van der Waals surface area contributed by atoms with Crippen molar-refractivity contribution in [2.24, 2.45) is 0 Å². The lowest BCUT2D eigenvalue weighted by molar-refractivity contribution is 0.414. The van der Waals surface area contributed by atoms with Crippen molar-refractivity contribution in [2.45, 2.75) is 6.54 Å². The minimum atomic E-state index is 0.821. The quantitative estimate of drug-likeness (QED) is 0.358. The fraction of sp³-hybridized carbons (Fsp3) is 0.0909. The Hall–Kier alpha value is -2.27. The van der Waals surface area contributed by atoms with E-state index >= 15 is 0 Å². The van der Waals surface area contributed by atoms with Gasteiger partial charge in [0.1, 0.15) is 5.75 Å². The molecule has 0 atom stereocenters. The van der Waals surface area contributed by atoms with E-state index in [4.69, 9.17) is 4.74 Å². The first-order valence-corrected chi connectivity index (χ1v) is 9.30. The Balaban J connectivity index is 1.84. The Morgan fingerprint density at radius 2 is 1.68 bits per heavy atom. The molecule has 0 aliphatic carbocycles. The van der Waals surface area contributed by atoms with Crippen molar-refractivity contribution in [2.75, 3.05) is 7.11 Å². The van der Waals surface area contributed by atoms with Gasteiger partial charge >= 0.3 is 0 Å². The molecule has 25 heavy (non-hydrogen) atoms. The first kappa shape index (κ1) is 16.2. The predicted molar refractivity (Wildman–Crippen MR) is 112 cm³/mol. The summed E-state index contributed by atoms with van der Waals surface area (Å²) in [5.74, 6) is 0.895. The zero-order valence-electron chi connectivity index (χ0n) is 13.9. The average molecular weight is 439 g/mol. The van der Waals surface area contributed by atoms with Crippen LogP contribution in [0.4, 0.5) is 0 Å². The summed E-state index contributed by atoms with van der Waals surface area (Å²) < 4.78 is 8.95. The van der Waals surface area contributed by atoms with Crippen LogP contribution in [0.1, 0.15) is 5.56 Å². The van der Waals surface area contributed by atoms with E-state index in [1.165, 1.54) is 31.2 Å². The molecule has 3 aromatic carbocycles. The van der Waals surface area contributed by atoms with E-state index < -0.39 is 0 Å². The molecular formula is C22H18INO. The summed E-state index contributed by atoms with van der Waals surface area (Å²) in [7, 11) is 1.71. The van der Waals surface area contributed by atoms with E-state index in [2.05, 4.69) is 94.0 Å². The van der Waals surface area contributed by atoms with Gasteiger partial charge in [0.05, 0.1) is 7.11 Å². The van der Waals surface area contributed by atoms with Gasteiger partial charge in [0, 0.05) is 32.8 Å². The average Bonchev–Trinajstić information content (AvgIpc) is 3.01. The Labute approximate surface area is 161 Å². The van der Waals surface area contributed by atoms with E-state index in [0.29, 0.717) is 0 Å². The van der Waals surface area contributed by atoms with E-state index in [1.54, 1.807) is 7.11 Å². The Bertz CT molecular complexity index is 1040. The van der Waals surface area contributed by atoms with Gasteiger partial charge in [-0.2, -0.15) is 0 Å². The molecule has 4 aromatic rings. The Kier molecular flexibility index (Phi) is 4.49. The number of ether oxygens (including phenoxy) is 1. The van der Waals surface area contributed by atoms with Crippen LogP contribution in [-0.2, 0) is 6.54 Å². The number of hydrogen-bond donors (Lipinski definition) is 0. The molecule has 0 unspecified atom stereocenters. The largest absolute Gasteiger partial charge is 0.497 e. The monoisotopic (exact) mass is 439 g/mol. The van der Waals surface area contributed by atoms with Crippen molar-refractivity contribution < 1.29 is 4.74 Å². The molecule has 1 heterocycles. The highest BCUT2D eigenvalue weighted by atomic mass is 127. The van der Waals surface area contributed by atoms with Gasteiger partial charge in [-0.3, -0.25) is 0 Å². The molecule has 2 nitrogen and oxygen atoms in total. The molecule has 0 aliphatic heterocycles. The number of aromatic nitrogens is 1. The summed E-state index contributed by atoms with van der Waals surface area (Å²) in [4.78, 5) is 0. The maximum Gasteiger partial charge on any atom is 0.119 e. The molecule has 0 bridgehead atoms. The summed E-state index contributed by atoms with van der Waals surface area (Å²) in [6, 6.07) is 25.4. The zero-order valence-corrected chi connectivity index (χ0v) is 16.1. The Morgan fingerprint density at radius 3 is 2.52 bits per heavy atom. The molecule has 124 valence electrons. The van der Waals surface area contributed by atoms with Crippen molar-refractivity contribution >= 4 is 33.5 Å². The topological polar surface area (TPSA) is 14.2 Å². The van der Waals surface area contributed by atoms with Gasteiger partial charge in [-0.1, -0.05) is 48.5 Å². The van der Waals surface area contributed by atoms with Gasteiger partial charge in [-0.25, -0.2) is 0 Å². The summed E-state index contributed by atoms with van der Waals surface area (Å²) >= 11 is 2.41. The lowest BCUT2D eigenvalue weighted by Crippen LogP contribution is -1.98. The minimum absolute atomic E-state index is 0.821. The van der Waals surface area contributed by atoms with E-state index in [0.717, 1.165) is 12.3 Å². The number of para-hydroxylation sites is 1. The number of halogens is 1. The summed E-state index contributed by atoms with van der Waals surface area (Å²) in [5, 5.41) is 1.29. The minimum Gasteiger partial charge on any atom is -0.497 e. The van der Waals surface area contributed by atoms with Crippen molar-refractivity contribution in [3.8, 4) is 16.9 Å². The van der Waals surface area contributed by atoms with Crippen LogP contribution in [0, 0.1) is 3.57 Å². The van der Waals surface area contributed by atoms with Gasteiger partial charge in [0.15, 0.2) is 0 Å². The highest BCUT2D eigenvalue weighted by molar-refractivity contribution is 14.1. The van der Waals surface area contributed by atoms with Crippen LogP contribution in [0.25, 0.3) is 22.0 Å². The summed E-state index contributed by atoms with van der Waals surface area (Å²) in [6.07, 6.45) is 2.27. The molecule has 0 spiro atoms. The second-order valence-corrected chi connectivity index (χ2v) is 7.18. The molecule has 0 amide bonds. The van der Waals surface area contributed by atoms with Crippen molar-refractivity contribution in [1.82, 2.24) is 4.57 Å². The lowest BCUT2D eigenvalue weighted by atomic mass is 10.1. The van der Waals surface area contributed by atoms with Crippen molar-refractivity contribution in [1.29, 1.82) is 0 Å². The molecule has 4 rings (SSSR count). The second-order valence-electron chi connectivity index (χ2n) is 6.02. The molecule has 0 fully saturated rings. The van der Waals surface area contributed by atoms with Gasteiger partial charge in [-0.05, 0) is 58.0 Å². The normalized spacial score (nSPS) is 11.0. The number of nitrogens with zero attached hydrogens (tertiary/aromatic N) is 1. The first-order valence-electron chi connectivity index (χ1n) is 8.22. The third-order valence-corrected chi connectivity index (χ3v) is 5.38. The molecule has 0 radical (unpaired) electrons. The maximum atomic E-state index is 5.36. The molecule has 0 saturated carbocycles. The van der Waals surface area contributed by atoms with Gasteiger partial charge in [-0.15, -0.1) is 0 Å². The number of hydrogen-bond acceptors (Lipinski definition) is 1. The standard InChI is InChI=1S/C22H18INO/c1-25-17-8-6-7-16(13-17)14-24-15-20(18-9-2-4-11-21(18)23)19-10-3-5-12-22(19)24/h2-13,15H,14H2,1H3. The summed E-state index contributed by atoms with van der Waals surface area (Å²) in [6.45, 7) is 0.821. The Morgan fingerprint density at radius 1 is 0.880 bits per heavy atom. The fourth-order valence-corrected chi connectivity index (χ4v) is 3.92. The van der Waals surface area contributed by atoms with Crippen molar-refractivity contribution in [3.05, 3.63) is 88.1 Å². The van der Waals surface area contributed by atoms with Crippen LogP contribution >= 0.6 is 22.6 Å². The number of fused-ring (bicyclic) bond motifs is 1. The highest BCUT2D eigenvalue weighted by Crippen LogP contribution is 2.33. The zero-order chi connectivity index (χ0) is 17.2. The van der Waals surface area contributed by atoms with Crippen LogP contribution in [-0.4, -0.2) is 11.7 Å². The lowest BCUT2D eigenvalue weighted by Gasteiger charge is -2.07. The first-order chi connectivity index (χ1) is 12.3. The van der Waals surface area contributed by atoms with Crippen LogP contribution in [0.15, 0.2) is 79.0 Å². The van der Waals surface area contributed by atoms with Crippen LogP contribution in [0.5, 0.6) is 5.75 Å². The molecule has 3 heteroatoms. The van der Waals surface area contributed by atoms with Crippen LogP contribution < -0.4 is 4.74 Å². The second kappa shape index (κ2) is 6.92. The third-order valence-electron chi connectivity index (χ3n) is 4.44. The van der Waals surface area contributed by atoms with Gasteiger partial charge in [0.25, 0.3) is 0 Å². The van der Waals surface area contributed by atoms with Gasteiger partial charge in [0.2, 0.25) is 0 Å². The summed E-state index contributed by atoms with van der Waals surface area (Å²) in [5.41, 5.74) is 5.04. The third kappa shape index (κ3) is 3.16. The molecular weight excluding hydrogens is 421 g/mol. The van der Waals surface area contributed by atoms with Crippen LogP contribution in [0.2, 0.25) is 0 Å². The van der Waals surface area contributed by atoms with Crippen molar-refractivity contribution in [3.63, 3.8) is 0 Å². The molecule has 0 saturated heterocycles. The molecule has 1 aromatic heterocycles. The number of benzene rings is 3. The maximum absolute atomic E-state index is 5.36. The number of rotatable bonds is 4. The van der Waals surface area contributed by atoms with E-state index in [9.17, 15) is 0 Å². The van der Waals surface area contributed by atoms with E-state index in [1.807, 2.05) is 12.1 Å². The predicted octanol–water partition coefficient (Wildman–Crippen LogP) is 5.97. The fourth-order valence-electron chi connectivity index (χ4n) is 3.24. The smallest absolute Gasteiger partial charge is 0.119 e. The highest BCUT2D eigenvalue weighted by Gasteiger charge is 2.12. The molecule has 0 aliphatic rings. The SMILES string of the molecule is COc1cccc(Cn2cc(-c3ccccc3I)c3ccccc32)c1. The van der Waals surface area contributed by atoms with Crippen LogP contribution in [0.3, 0.4) is 0 Å². The molecule has 0 N–H and O–H groups in total. The van der Waals surface area contributed by atoms with E-state index in [-0.39, 0.29) is 0 Å². The number of methoxy groups -OCH3 is 1. The van der Waals surface area contributed by atoms with Gasteiger partial charge < -0.3 is 9.30 Å².